The lowest BCUT2D eigenvalue weighted by Crippen LogP contribution is -2.13. The third kappa shape index (κ3) is 4.62. The van der Waals surface area contributed by atoms with E-state index in [0.717, 1.165) is 0 Å². The van der Waals surface area contributed by atoms with Gasteiger partial charge in [-0.25, -0.2) is 0 Å². The Morgan fingerprint density at radius 1 is 1.23 bits per heavy atom. The van der Waals surface area contributed by atoms with E-state index in [1.165, 1.54) is 31.2 Å². The average Bonchev–Trinajstić information content (AvgIpc) is 2.45. The van der Waals surface area contributed by atoms with Crippen molar-refractivity contribution in [2.45, 2.75) is 26.6 Å². The molecule has 0 radical (unpaired) electrons. The van der Waals surface area contributed by atoms with Gasteiger partial charge in [0, 0.05) is 24.6 Å². The number of hydrogen-bond donors (Lipinski definition) is 0. The Hall–Kier alpha value is -1.76. The van der Waals surface area contributed by atoms with Crippen molar-refractivity contribution in [2.24, 2.45) is 0 Å². The van der Waals surface area contributed by atoms with Crippen LogP contribution in [-0.2, 0) is 23.1 Å². The number of hydrogen-bond acceptors (Lipinski definition) is 7. The molecular formula is C13H18NO7P. The average molecular weight is 331 g/mol. The minimum absolute atomic E-state index is 0.0992. The Morgan fingerprint density at radius 3 is 2.09 bits per heavy atom. The van der Waals surface area contributed by atoms with Crippen molar-refractivity contribution in [3.8, 4) is 0 Å². The molecule has 0 aromatic heterocycles. The summed E-state index contributed by atoms with van der Waals surface area (Å²) >= 11 is 0. The molecule has 122 valence electrons. The highest BCUT2D eigenvalue weighted by Crippen LogP contribution is 2.61. The summed E-state index contributed by atoms with van der Waals surface area (Å²) in [7, 11) is -3.76. The molecule has 8 nitrogen and oxygen atoms in total. The molecule has 0 N–H and O–H groups in total. The first-order valence-corrected chi connectivity index (χ1v) is 8.25. The van der Waals surface area contributed by atoms with Gasteiger partial charge in [-0.05, 0) is 26.0 Å². The van der Waals surface area contributed by atoms with Crippen LogP contribution in [0.15, 0.2) is 24.3 Å². The minimum atomic E-state index is -3.76. The normalized spacial score (nSPS) is 12.7. The topological polar surface area (TPSA) is 105 Å². The first-order chi connectivity index (χ1) is 10.3. The van der Waals surface area contributed by atoms with Gasteiger partial charge in [-0.2, -0.15) is 0 Å². The third-order valence-corrected chi connectivity index (χ3v) is 4.79. The van der Waals surface area contributed by atoms with Gasteiger partial charge < -0.3 is 13.8 Å². The lowest BCUT2D eigenvalue weighted by atomic mass is 10.2. The van der Waals surface area contributed by atoms with Crippen molar-refractivity contribution >= 4 is 19.3 Å². The monoisotopic (exact) mass is 331 g/mol. The van der Waals surface area contributed by atoms with E-state index in [-0.39, 0.29) is 18.9 Å². The van der Waals surface area contributed by atoms with E-state index < -0.39 is 24.3 Å². The van der Waals surface area contributed by atoms with Crippen LogP contribution in [-0.4, -0.2) is 24.1 Å². The second kappa shape index (κ2) is 8.03. The number of esters is 1. The molecule has 0 aliphatic heterocycles. The van der Waals surface area contributed by atoms with Gasteiger partial charge in [0.15, 0.2) is 0 Å². The Kier molecular flexibility index (Phi) is 6.67. The lowest BCUT2D eigenvalue weighted by Gasteiger charge is -2.25. The predicted molar refractivity (Wildman–Crippen MR) is 78.5 cm³/mol. The van der Waals surface area contributed by atoms with Crippen LogP contribution in [0, 0.1) is 10.1 Å². The molecule has 1 rings (SSSR count). The molecule has 1 aromatic carbocycles. The van der Waals surface area contributed by atoms with Crippen LogP contribution in [0.1, 0.15) is 32.2 Å². The van der Waals surface area contributed by atoms with Crippen LogP contribution < -0.4 is 0 Å². The fourth-order valence-corrected chi connectivity index (χ4v) is 3.65. The quantitative estimate of drug-likeness (QED) is 0.311. The molecule has 0 amide bonds. The summed E-state index contributed by atoms with van der Waals surface area (Å²) in [5.41, 5.74) is 0.166. The van der Waals surface area contributed by atoms with Crippen LogP contribution in [0.4, 0.5) is 5.69 Å². The maximum Gasteiger partial charge on any atom is 0.375 e. The second-order valence-electron chi connectivity index (χ2n) is 4.19. The molecule has 1 atom stereocenters. The summed E-state index contributed by atoms with van der Waals surface area (Å²) in [6.07, 6.45) is 0. The zero-order valence-electron chi connectivity index (χ0n) is 12.6. The molecule has 22 heavy (non-hydrogen) atoms. The van der Waals surface area contributed by atoms with Crippen molar-refractivity contribution < 1.29 is 28.1 Å². The SMILES string of the molecule is CCOP(=O)(OCC)C(OC(C)=O)c1ccc([N+](=O)[O-])cc1. The number of ether oxygens (including phenoxy) is 1. The fraction of sp³-hybridized carbons (Fsp3) is 0.462. The van der Waals surface area contributed by atoms with E-state index >= 15 is 0 Å². The van der Waals surface area contributed by atoms with Gasteiger partial charge in [-0.15, -0.1) is 0 Å². The molecule has 9 heteroatoms. The molecule has 1 unspecified atom stereocenters. The Bertz CT molecular complexity index is 562. The number of nitro groups is 1. The highest BCUT2D eigenvalue weighted by molar-refractivity contribution is 7.54. The van der Waals surface area contributed by atoms with Gasteiger partial charge in [0.25, 0.3) is 5.69 Å². The molecular weight excluding hydrogens is 313 g/mol. The number of carbonyl (C=O) groups excluding carboxylic acids is 1. The first kappa shape index (κ1) is 18.3. The summed E-state index contributed by atoms with van der Waals surface area (Å²) in [4.78, 5) is 21.4. The lowest BCUT2D eigenvalue weighted by molar-refractivity contribution is -0.384. The van der Waals surface area contributed by atoms with Crippen LogP contribution in [0.25, 0.3) is 0 Å². The van der Waals surface area contributed by atoms with Gasteiger partial charge in [0.05, 0.1) is 18.1 Å². The van der Waals surface area contributed by atoms with Gasteiger partial charge in [0.2, 0.25) is 5.85 Å². The van der Waals surface area contributed by atoms with E-state index in [0.29, 0.717) is 5.56 Å². The molecule has 0 aliphatic carbocycles. The Labute approximate surface area is 128 Å². The fourth-order valence-electron chi connectivity index (χ4n) is 1.77. The smallest absolute Gasteiger partial charge is 0.375 e. The zero-order valence-corrected chi connectivity index (χ0v) is 13.4. The minimum Gasteiger partial charge on any atom is -0.445 e. The van der Waals surface area contributed by atoms with E-state index in [1.807, 2.05) is 0 Å². The summed E-state index contributed by atoms with van der Waals surface area (Å²) in [5, 5.41) is 10.7. The second-order valence-corrected chi connectivity index (χ2v) is 6.25. The Morgan fingerprint density at radius 2 is 1.73 bits per heavy atom. The number of rotatable bonds is 8. The van der Waals surface area contributed by atoms with E-state index in [2.05, 4.69) is 0 Å². The summed E-state index contributed by atoms with van der Waals surface area (Å²) in [6, 6.07) is 5.18. The van der Waals surface area contributed by atoms with E-state index in [1.54, 1.807) is 13.8 Å². The van der Waals surface area contributed by atoms with Crippen molar-refractivity contribution in [1.29, 1.82) is 0 Å². The van der Waals surface area contributed by atoms with E-state index in [9.17, 15) is 19.5 Å². The molecule has 0 saturated heterocycles. The number of carbonyl (C=O) groups is 1. The van der Waals surface area contributed by atoms with Gasteiger partial charge >= 0.3 is 13.6 Å². The standard InChI is InChI=1S/C13H18NO7P/c1-4-19-22(18,20-5-2)13(21-10(3)15)11-6-8-12(9-7-11)14(16)17/h6-9,13H,4-5H2,1-3H3. The van der Waals surface area contributed by atoms with Gasteiger partial charge in [-0.1, -0.05) is 0 Å². The zero-order chi connectivity index (χ0) is 16.8. The van der Waals surface area contributed by atoms with Crippen molar-refractivity contribution in [3.63, 3.8) is 0 Å². The first-order valence-electron chi connectivity index (χ1n) is 6.64. The highest BCUT2D eigenvalue weighted by atomic mass is 31.2. The maximum atomic E-state index is 12.8. The molecule has 0 heterocycles. The number of nitro benzene ring substituents is 1. The molecule has 0 bridgehead atoms. The highest BCUT2D eigenvalue weighted by Gasteiger charge is 2.39. The molecule has 0 fully saturated rings. The summed E-state index contributed by atoms with van der Waals surface area (Å²) in [5.74, 6) is -1.94. The largest absolute Gasteiger partial charge is 0.445 e. The molecule has 0 spiro atoms. The predicted octanol–water partition coefficient (Wildman–Crippen LogP) is 3.42. The summed E-state index contributed by atoms with van der Waals surface area (Å²) in [6.45, 7) is 4.63. The van der Waals surface area contributed by atoms with Gasteiger partial charge in [-0.3, -0.25) is 19.5 Å². The van der Waals surface area contributed by atoms with E-state index in [4.69, 9.17) is 13.8 Å². The van der Waals surface area contributed by atoms with Crippen LogP contribution >= 0.6 is 7.60 Å². The van der Waals surface area contributed by atoms with Crippen molar-refractivity contribution in [2.75, 3.05) is 13.2 Å². The van der Waals surface area contributed by atoms with Crippen LogP contribution in [0.5, 0.6) is 0 Å². The molecule has 0 saturated carbocycles. The van der Waals surface area contributed by atoms with Crippen LogP contribution in [0.3, 0.4) is 0 Å². The van der Waals surface area contributed by atoms with Gasteiger partial charge in [0.1, 0.15) is 0 Å². The number of benzene rings is 1. The Balaban J connectivity index is 3.23. The molecule has 0 aliphatic rings. The van der Waals surface area contributed by atoms with Crippen molar-refractivity contribution in [1.82, 2.24) is 0 Å². The third-order valence-electron chi connectivity index (χ3n) is 2.57. The molecule has 1 aromatic rings. The van der Waals surface area contributed by atoms with Crippen molar-refractivity contribution in [3.05, 3.63) is 39.9 Å². The number of nitrogens with zero attached hydrogens (tertiary/aromatic N) is 1. The van der Waals surface area contributed by atoms with Crippen LogP contribution in [0.2, 0.25) is 0 Å². The summed E-state index contributed by atoms with van der Waals surface area (Å²) < 4.78 is 28.3. The maximum absolute atomic E-state index is 12.8. The number of non-ortho nitro benzene ring substituents is 1.